The van der Waals surface area contributed by atoms with E-state index in [-0.39, 0.29) is 29.8 Å². The molecular weight excluding hydrogens is 284 g/mol. The number of amides is 1. The molecular formula is C17H27ClN2O. The number of carbonyl (C=O) groups is 1. The van der Waals surface area contributed by atoms with Gasteiger partial charge >= 0.3 is 0 Å². The lowest BCUT2D eigenvalue weighted by molar-refractivity contribution is 0.0533. The number of nitrogens with zero attached hydrogens (tertiary/aromatic N) is 1. The fraction of sp³-hybridized carbons (Fsp3) is 0.588. The summed E-state index contributed by atoms with van der Waals surface area (Å²) in [5.74, 6) is 0.132. The third-order valence-corrected chi connectivity index (χ3v) is 4.34. The minimum absolute atomic E-state index is 0. The lowest BCUT2D eigenvalue weighted by Gasteiger charge is -2.42. The standard InChI is InChI=1S/C17H26N2O.ClH/c1-4-5-13-6-8-14(9-7-13)16(20)19-11-10-15(18)17(2,3)12-19;/h6-9,15H,4-5,10-12,18H2,1-3H3;1H. The maximum atomic E-state index is 12.5. The number of aryl methyl sites for hydroxylation is 1. The second kappa shape index (κ2) is 7.28. The molecule has 1 aromatic rings. The molecule has 1 fully saturated rings. The summed E-state index contributed by atoms with van der Waals surface area (Å²) in [6.45, 7) is 7.95. The van der Waals surface area contributed by atoms with Crippen LogP contribution in [0.4, 0.5) is 0 Å². The van der Waals surface area contributed by atoms with Crippen molar-refractivity contribution in [2.24, 2.45) is 11.1 Å². The van der Waals surface area contributed by atoms with E-state index in [9.17, 15) is 4.79 Å². The first-order valence-corrected chi connectivity index (χ1v) is 7.58. The zero-order valence-corrected chi connectivity index (χ0v) is 14.1. The molecule has 3 nitrogen and oxygen atoms in total. The number of hydrogen-bond donors (Lipinski definition) is 1. The molecule has 0 bridgehead atoms. The summed E-state index contributed by atoms with van der Waals surface area (Å²) in [5.41, 5.74) is 8.21. The number of hydrogen-bond acceptors (Lipinski definition) is 2. The summed E-state index contributed by atoms with van der Waals surface area (Å²) >= 11 is 0. The Hall–Kier alpha value is -1.06. The van der Waals surface area contributed by atoms with E-state index >= 15 is 0 Å². The molecule has 21 heavy (non-hydrogen) atoms. The summed E-state index contributed by atoms with van der Waals surface area (Å²) in [7, 11) is 0. The lowest BCUT2D eigenvalue weighted by atomic mass is 9.79. The molecule has 1 atom stereocenters. The van der Waals surface area contributed by atoms with Crippen LogP contribution < -0.4 is 5.73 Å². The highest BCUT2D eigenvalue weighted by molar-refractivity contribution is 5.94. The molecule has 0 aromatic heterocycles. The average molecular weight is 311 g/mol. The first kappa shape index (κ1) is 18.0. The SMILES string of the molecule is CCCc1ccc(C(=O)N2CCC(N)C(C)(C)C2)cc1.Cl. The van der Waals surface area contributed by atoms with Crippen LogP contribution in [0, 0.1) is 5.41 Å². The fourth-order valence-electron chi connectivity index (χ4n) is 2.83. The van der Waals surface area contributed by atoms with E-state index in [0.29, 0.717) is 0 Å². The Balaban J connectivity index is 0.00000220. The van der Waals surface area contributed by atoms with Gasteiger partial charge in [-0.3, -0.25) is 4.79 Å². The van der Waals surface area contributed by atoms with Crippen molar-refractivity contribution in [1.82, 2.24) is 4.90 Å². The Kier molecular flexibility index (Phi) is 6.24. The third kappa shape index (κ3) is 4.21. The average Bonchev–Trinajstić information content (AvgIpc) is 2.42. The van der Waals surface area contributed by atoms with Gasteiger partial charge in [-0.05, 0) is 36.0 Å². The van der Waals surface area contributed by atoms with Gasteiger partial charge in [-0.15, -0.1) is 12.4 Å². The minimum atomic E-state index is -0.00391. The Labute approximate surface area is 134 Å². The number of likely N-dealkylation sites (tertiary alicyclic amines) is 1. The molecule has 1 amide bonds. The highest BCUT2D eigenvalue weighted by Crippen LogP contribution is 2.28. The van der Waals surface area contributed by atoms with E-state index in [1.54, 1.807) is 0 Å². The minimum Gasteiger partial charge on any atom is -0.338 e. The van der Waals surface area contributed by atoms with Gasteiger partial charge in [0, 0.05) is 24.7 Å². The largest absolute Gasteiger partial charge is 0.338 e. The fourth-order valence-corrected chi connectivity index (χ4v) is 2.83. The monoisotopic (exact) mass is 310 g/mol. The van der Waals surface area contributed by atoms with E-state index in [1.165, 1.54) is 5.56 Å². The van der Waals surface area contributed by atoms with Crippen molar-refractivity contribution in [2.75, 3.05) is 13.1 Å². The van der Waals surface area contributed by atoms with Crippen LogP contribution in [0.5, 0.6) is 0 Å². The van der Waals surface area contributed by atoms with Gasteiger partial charge in [-0.25, -0.2) is 0 Å². The maximum Gasteiger partial charge on any atom is 0.253 e. The number of carbonyl (C=O) groups excluding carboxylic acids is 1. The predicted octanol–water partition coefficient (Wildman–Crippen LogP) is 3.26. The Morgan fingerprint density at radius 2 is 1.95 bits per heavy atom. The first-order valence-electron chi connectivity index (χ1n) is 7.58. The molecule has 1 saturated heterocycles. The highest BCUT2D eigenvalue weighted by atomic mass is 35.5. The molecule has 1 aliphatic heterocycles. The Bertz CT molecular complexity index is 470. The summed E-state index contributed by atoms with van der Waals surface area (Å²) in [6.07, 6.45) is 3.08. The lowest BCUT2D eigenvalue weighted by Crippen LogP contribution is -2.53. The van der Waals surface area contributed by atoms with Gasteiger partial charge in [0.25, 0.3) is 5.91 Å². The summed E-state index contributed by atoms with van der Waals surface area (Å²) in [4.78, 5) is 14.5. The van der Waals surface area contributed by atoms with Gasteiger partial charge < -0.3 is 10.6 Å². The van der Waals surface area contributed by atoms with Gasteiger partial charge in [-0.2, -0.15) is 0 Å². The first-order chi connectivity index (χ1) is 9.44. The van der Waals surface area contributed by atoms with Crippen LogP contribution in [-0.4, -0.2) is 29.9 Å². The molecule has 1 heterocycles. The topological polar surface area (TPSA) is 46.3 Å². The zero-order chi connectivity index (χ0) is 14.8. The summed E-state index contributed by atoms with van der Waals surface area (Å²) < 4.78 is 0. The van der Waals surface area contributed by atoms with Crippen molar-refractivity contribution in [2.45, 2.75) is 46.1 Å². The quantitative estimate of drug-likeness (QED) is 0.931. The number of halogens is 1. The molecule has 4 heteroatoms. The molecule has 1 unspecified atom stereocenters. The van der Waals surface area contributed by atoms with Crippen LogP contribution in [0.3, 0.4) is 0 Å². The maximum absolute atomic E-state index is 12.5. The van der Waals surface area contributed by atoms with E-state index in [1.807, 2.05) is 17.0 Å². The molecule has 0 saturated carbocycles. The number of benzene rings is 1. The van der Waals surface area contributed by atoms with Gasteiger partial charge in [0.2, 0.25) is 0 Å². The molecule has 1 aliphatic rings. The second-order valence-corrected chi connectivity index (χ2v) is 6.56. The number of piperidine rings is 1. The Morgan fingerprint density at radius 1 is 1.33 bits per heavy atom. The molecule has 2 N–H and O–H groups in total. The van der Waals surface area contributed by atoms with Crippen molar-refractivity contribution >= 4 is 18.3 Å². The third-order valence-electron chi connectivity index (χ3n) is 4.34. The van der Waals surface area contributed by atoms with Gasteiger partial charge in [-0.1, -0.05) is 39.3 Å². The van der Waals surface area contributed by atoms with Crippen molar-refractivity contribution in [3.8, 4) is 0 Å². The van der Waals surface area contributed by atoms with Crippen LogP contribution in [-0.2, 0) is 6.42 Å². The molecule has 1 aromatic carbocycles. The van der Waals surface area contributed by atoms with E-state index in [4.69, 9.17) is 5.73 Å². The van der Waals surface area contributed by atoms with Crippen LogP contribution in [0.25, 0.3) is 0 Å². The van der Waals surface area contributed by atoms with E-state index in [2.05, 4.69) is 32.9 Å². The smallest absolute Gasteiger partial charge is 0.253 e. The Morgan fingerprint density at radius 3 is 2.48 bits per heavy atom. The molecule has 118 valence electrons. The summed E-state index contributed by atoms with van der Waals surface area (Å²) in [6, 6.07) is 8.22. The van der Waals surface area contributed by atoms with Gasteiger partial charge in [0.15, 0.2) is 0 Å². The van der Waals surface area contributed by atoms with Crippen LogP contribution in [0.2, 0.25) is 0 Å². The van der Waals surface area contributed by atoms with Crippen molar-refractivity contribution < 1.29 is 4.79 Å². The van der Waals surface area contributed by atoms with Gasteiger partial charge in [0.1, 0.15) is 0 Å². The van der Waals surface area contributed by atoms with Gasteiger partial charge in [0.05, 0.1) is 0 Å². The molecule has 0 radical (unpaired) electrons. The van der Waals surface area contributed by atoms with Crippen LogP contribution in [0.1, 0.15) is 49.5 Å². The predicted molar refractivity (Wildman–Crippen MR) is 90.0 cm³/mol. The van der Waals surface area contributed by atoms with Crippen molar-refractivity contribution in [1.29, 1.82) is 0 Å². The zero-order valence-electron chi connectivity index (χ0n) is 13.3. The van der Waals surface area contributed by atoms with Crippen molar-refractivity contribution in [3.05, 3.63) is 35.4 Å². The van der Waals surface area contributed by atoms with Crippen LogP contribution in [0.15, 0.2) is 24.3 Å². The summed E-state index contributed by atoms with van der Waals surface area (Å²) in [5, 5.41) is 0. The number of nitrogens with two attached hydrogens (primary N) is 1. The second-order valence-electron chi connectivity index (χ2n) is 6.56. The van der Waals surface area contributed by atoms with E-state index < -0.39 is 0 Å². The molecule has 0 aliphatic carbocycles. The van der Waals surface area contributed by atoms with Crippen LogP contribution >= 0.6 is 12.4 Å². The highest BCUT2D eigenvalue weighted by Gasteiger charge is 2.35. The molecule has 2 rings (SSSR count). The molecule has 0 spiro atoms. The normalized spacial score (nSPS) is 20.8. The van der Waals surface area contributed by atoms with Crippen molar-refractivity contribution in [3.63, 3.8) is 0 Å². The number of rotatable bonds is 3. The van der Waals surface area contributed by atoms with E-state index in [0.717, 1.165) is 37.9 Å².